The van der Waals surface area contributed by atoms with Crippen LogP contribution in [0.3, 0.4) is 0 Å². The van der Waals surface area contributed by atoms with E-state index in [2.05, 4.69) is 36.1 Å². The summed E-state index contributed by atoms with van der Waals surface area (Å²) in [4.78, 5) is 0. The Kier molecular flexibility index (Phi) is 4.53. The first-order valence-corrected chi connectivity index (χ1v) is 5.13. The Morgan fingerprint density at radius 2 is 1.86 bits per heavy atom. The van der Waals surface area contributed by atoms with Crippen molar-refractivity contribution in [2.45, 2.75) is 26.7 Å². The Labute approximate surface area is 86.0 Å². The fourth-order valence-corrected chi connectivity index (χ4v) is 1.48. The van der Waals surface area contributed by atoms with E-state index in [1.165, 1.54) is 11.4 Å². The SMILES string of the molecule is COCCCCNn1c(C)ccc1C. The van der Waals surface area contributed by atoms with Crippen LogP contribution in [0, 0.1) is 13.8 Å². The van der Waals surface area contributed by atoms with Crippen molar-refractivity contribution < 1.29 is 4.74 Å². The molecule has 1 aromatic rings. The molecule has 80 valence electrons. The fraction of sp³-hybridized carbons (Fsp3) is 0.636. The number of nitrogens with zero attached hydrogens (tertiary/aromatic N) is 1. The monoisotopic (exact) mass is 196 g/mol. The molecular formula is C11H20N2O. The third-order valence-electron chi connectivity index (χ3n) is 2.32. The first kappa shape index (κ1) is 11.1. The van der Waals surface area contributed by atoms with Crippen molar-refractivity contribution in [1.29, 1.82) is 0 Å². The van der Waals surface area contributed by atoms with Gasteiger partial charge in [-0.25, -0.2) is 0 Å². The summed E-state index contributed by atoms with van der Waals surface area (Å²) in [6, 6.07) is 4.25. The van der Waals surface area contributed by atoms with Crippen LogP contribution in [-0.4, -0.2) is 24.9 Å². The van der Waals surface area contributed by atoms with Crippen LogP contribution >= 0.6 is 0 Å². The molecule has 0 unspecified atom stereocenters. The fourth-order valence-electron chi connectivity index (χ4n) is 1.48. The highest BCUT2D eigenvalue weighted by Crippen LogP contribution is 2.03. The molecule has 1 aromatic heterocycles. The topological polar surface area (TPSA) is 26.2 Å². The Balaban J connectivity index is 2.24. The molecule has 0 spiro atoms. The molecule has 0 bridgehead atoms. The van der Waals surface area contributed by atoms with Gasteiger partial charge < -0.3 is 10.2 Å². The highest BCUT2D eigenvalue weighted by molar-refractivity contribution is 5.15. The number of aryl methyl sites for hydroxylation is 2. The minimum atomic E-state index is 0.853. The molecule has 1 heterocycles. The summed E-state index contributed by atoms with van der Waals surface area (Å²) in [6.07, 6.45) is 2.26. The van der Waals surface area contributed by atoms with Crippen LogP contribution in [0.2, 0.25) is 0 Å². The van der Waals surface area contributed by atoms with Gasteiger partial charge in [-0.05, 0) is 38.8 Å². The molecule has 0 aliphatic carbocycles. The first-order valence-electron chi connectivity index (χ1n) is 5.13. The third kappa shape index (κ3) is 3.07. The molecule has 14 heavy (non-hydrogen) atoms. The van der Waals surface area contributed by atoms with Crippen LogP contribution in [-0.2, 0) is 4.74 Å². The zero-order chi connectivity index (χ0) is 10.4. The smallest absolute Gasteiger partial charge is 0.0462 e. The molecule has 0 radical (unpaired) electrons. The lowest BCUT2D eigenvalue weighted by Crippen LogP contribution is -2.18. The summed E-state index contributed by atoms with van der Waals surface area (Å²) in [5.41, 5.74) is 5.90. The van der Waals surface area contributed by atoms with Gasteiger partial charge in [0.25, 0.3) is 0 Å². The molecule has 3 nitrogen and oxygen atoms in total. The summed E-state index contributed by atoms with van der Waals surface area (Å²) in [5, 5.41) is 0. The minimum Gasteiger partial charge on any atom is -0.385 e. The zero-order valence-corrected chi connectivity index (χ0v) is 9.34. The van der Waals surface area contributed by atoms with E-state index in [-0.39, 0.29) is 0 Å². The van der Waals surface area contributed by atoms with Crippen molar-refractivity contribution in [2.75, 3.05) is 25.7 Å². The van der Waals surface area contributed by atoms with Gasteiger partial charge in [0.1, 0.15) is 0 Å². The van der Waals surface area contributed by atoms with Gasteiger partial charge in [-0.2, -0.15) is 0 Å². The molecule has 0 amide bonds. The Morgan fingerprint density at radius 1 is 1.21 bits per heavy atom. The van der Waals surface area contributed by atoms with E-state index in [9.17, 15) is 0 Å². The van der Waals surface area contributed by atoms with Gasteiger partial charge in [-0.3, -0.25) is 4.68 Å². The first-order chi connectivity index (χ1) is 6.75. The van der Waals surface area contributed by atoms with Crippen LogP contribution in [0.5, 0.6) is 0 Å². The number of aromatic nitrogens is 1. The molecule has 1 rings (SSSR count). The molecule has 0 aliphatic heterocycles. The van der Waals surface area contributed by atoms with Crippen LogP contribution in [0.1, 0.15) is 24.2 Å². The van der Waals surface area contributed by atoms with Gasteiger partial charge in [-0.15, -0.1) is 0 Å². The number of ether oxygens (including phenoxy) is 1. The summed E-state index contributed by atoms with van der Waals surface area (Å²) in [5.74, 6) is 0. The van der Waals surface area contributed by atoms with E-state index >= 15 is 0 Å². The van der Waals surface area contributed by atoms with E-state index < -0.39 is 0 Å². The number of rotatable bonds is 6. The maximum Gasteiger partial charge on any atom is 0.0462 e. The van der Waals surface area contributed by atoms with Crippen molar-refractivity contribution in [3.8, 4) is 0 Å². The van der Waals surface area contributed by atoms with Gasteiger partial charge in [0.15, 0.2) is 0 Å². The van der Waals surface area contributed by atoms with Crippen LogP contribution in [0.25, 0.3) is 0 Å². The maximum absolute atomic E-state index is 4.99. The van der Waals surface area contributed by atoms with Crippen molar-refractivity contribution in [1.82, 2.24) is 4.68 Å². The van der Waals surface area contributed by atoms with Gasteiger partial charge in [0, 0.05) is 31.6 Å². The van der Waals surface area contributed by atoms with Gasteiger partial charge in [0.2, 0.25) is 0 Å². The summed E-state index contributed by atoms with van der Waals surface area (Å²) in [7, 11) is 1.74. The molecule has 3 heteroatoms. The molecular weight excluding hydrogens is 176 g/mol. The van der Waals surface area contributed by atoms with E-state index in [0.717, 1.165) is 26.0 Å². The van der Waals surface area contributed by atoms with Crippen LogP contribution in [0.4, 0.5) is 0 Å². The Bertz CT molecular complexity index is 249. The van der Waals surface area contributed by atoms with Crippen molar-refractivity contribution in [2.24, 2.45) is 0 Å². The standard InChI is InChI=1S/C11H20N2O/c1-10-6-7-11(2)13(10)12-8-4-5-9-14-3/h6-7,12H,4-5,8-9H2,1-3H3. The predicted octanol–water partition coefficient (Wildman–Crippen LogP) is 2.08. The molecule has 0 fully saturated rings. The lowest BCUT2D eigenvalue weighted by Gasteiger charge is -2.12. The molecule has 1 N–H and O–H groups in total. The predicted molar refractivity (Wildman–Crippen MR) is 59.2 cm³/mol. The molecule has 0 saturated carbocycles. The number of methoxy groups -OCH3 is 1. The summed E-state index contributed by atoms with van der Waals surface area (Å²) in [6.45, 7) is 6.06. The Hall–Kier alpha value is -0.960. The lowest BCUT2D eigenvalue weighted by molar-refractivity contribution is 0.193. The maximum atomic E-state index is 4.99. The molecule has 0 aromatic carbocycles. The van der Waals surface area contributed by atoms with Crippen molar-refractivity contribution in [3.63, 3.8) is 0 Å². The van der Waals surface area contributed by atoms with Crippen molar-refractivity contribution >= 4 is 0 Å². The number of hydrogen-bond acceptors (Lipinski definition) is 2. The third-order valence-corrected chi connectivity index (χ3v) is 2.32. The van der Waals surface area contributed by atoms with E-state index in [1.807, 2.05) is 0 Å². The largest absolute Gasteiger partial charge is 0.385 e. The summed E-state index contributed by atoms with van der Waals surface area (Å²) >= 11 is 0. The van der Waals surface area contributed by atoms with Gasteiger partial charge in [-0.1, -0.05) is 0 Å². The number of hydrogen-bond donors (Lipinski definition) is 1. The second-order valence-electron chi connectivity index (χ2n) is 3.56. The zero-order valence-electron chi connectivity index (χ0n) is 9.34. The Morgan fingerprint density at radius 3 is 2.43 bits per heavy atom. The van der Waals surface area contributed by atoms with E-state index in [1.54, 1.807) is 7.11 Å². The average Bonchev–Trinajstić information content (AvgIpc) is 2.48. The normalized spacial score (nSPS) is 10.5. The van der Waals surface area contributed by atoms with Crippen LogP contribution in [0.15, 0.2) is 12.1 Å². The molecule has 0 aliphatic rings. The second kappa shape index (κ2) is 5.70. The quantitative estimate of drug-likeness (QED) is 0.705. The average molecular weight is 196 g/mol. The lowest BCUT2D eigenvalue weighted by atomic mass is 10.3. The second-order valence-corrected chi connectivity index (χ2v) is 3.56. The number of unbranched alkanes of at least 4 members (excludes halogenated alkanes) is 1. The van der Waals surface area contributed by atoms with Crippen LogP contribution < -0.4 is 5.43 Å². The van der Waals surface area contributed by atoms with Gasteiger partial charge >= 0.3 is 0 Å². The summed E-state index contributed by atoms with van der Waals surface area (Å²) < 4.78 is 7.12. The number of nitrogens with one attached hydrogen (secondary N) is 1. The highest BCUT2D eigenvalue weighted by atomic mass is 16.5. The van der Waals surface area contributed by atoms with E-state index in [4.69, 9.17) is 4.74 Å². The molecule has 0 atom stereocenters. The van der Waals surface area contributed by atoms with Crippen molar-refractivity contribution in [3.05, 3.63) is 23.5 Å². The van der Waals surface area contributed by atoms with Gasteiger partial charge in [0.05, 0.1) is 0 Å². The minimum absolute atomic E-state index is 0.853. The highest BCUT2D eigenvalue weighted by Gasteiger charge is 1.98. The van der Waals surface area contributed by atoms with E-state index in [0.29, 0.717) is 0 Å². The molecule has 0 saturated heterocycles.